The summed E-state index contributed by atoms with van der Waals surface area (Å²) < 4.78 is 53.0. The molecule has 1 fully saturated rings. The Labute approximate surface area is 294 Å². The predicted molar refractivity (Wildman–Crippen MR) is 192 cm³/mol. The van der Waals surface area contributed by atoms with E-state index in [0.717, 1.165) is 22.9 Å². The Bertz CT molecular complexity index is 1830. The fraction of sp³-hybridized carbons (Fsp3) is 0.351. The van der Waals surface area contributed by atoms with Gasteiger partial charge < -0.3 is 15.4 Å². The summed E-state index contributed by atoms with van der Waals surface area (Å²) in [6.45, 7) is 13.0. The molecule has 2 aliphatic heterocycles. The zero-order chi connectivity index (χ0) is 37.3. The minimum atomic E-state index is -4.44. The molecule has 3 aromatic rings. The summed E-state index contributed by atoms with van der Waals surface area (Å²) in [5.41, 5.74) is 4.22. The average Bonchev–Trinajstić information content (AvgIpc) is 3.63. The van der Waals surface area contributed by atoms with E-state index >= 15 is 0 Å². The van der Waals surface area contributed by atoms with Gasteiger partial charge in [-0.3, -0.25) is 19.2 Å². The normalized spacial score (nSPS) is 15.0. The summed E-state index contributed by atoms with van der Waals surface area (Å²) in [6, 6.07) is 12.6. The topological polar surface area (TPSA) is 96.3 Å². The number of benzene rings is 2. The lowest BCUT2D eigenvalue weighted by molar-refractivity contribution is -0.117. The fourth-order valence-electron chi connectivity index (χ4n) is 4.69. The number of alkyl halides is 3. The standard InChI is InChI=1S/C18H16F4N4O.C15H19NOS.C4H8O/c1-10-3-4-11(7-13(10)19)15-8-16(26(2)25-15)24-17(27)14-6-5-12(9-23-14)18(20,21)22;1-5-15-16(14(17)9-18-15)13-8-11(4)6-7-12(13)10(2)3;1-3-4(2)5/h3-8,23H,9H2,1-2H3,(H,24,27);5-8,10H,9H2,1-4H3;3H2,1-2H3/b;15-5-;. The number of carbonyl (C=O) groups is 3. The quantitative estimate of drug-likeness (QED) is 0.249. The molecule has 2 aromatic carbocycles. The molecule has 0 unspecified atom stereocenters. The second-order valence-corrected chi connectivity index (χ2v) is 13.0. The van der Waals surface area contributed by atoms with Gasteiger partial charge >= 0.3 is 6.18 Å². The molecule has 0 bridgehead atoms. The Morgan fingerprint density at radius 1 is 1.10 bits per heavy atom. The van der Waals surface area contributed by atoms with E-state index in [-0.39, 0.29) is 23.2 Å². The van der Waals surface area contributed by atoms with Crippen LogP contribution in [0.1, 0.15) is 63.6 Å². The Balaban J connectivity index is 0.000000253. The van der Waals surface area contributed by atoms with Crippen molar-refractivity contribution in [2.45, 2.75) is 67.0 Å². The number of anilines is 2. The molecule has 0 spiro atoms. The Morgan fingerprint density at radius 2 is 1.78 bits per heavy atom. The van der Waals surface area contributed by atoms with Gasteiger partial charge in [0.25, 0.3) is 5.91 Å². The lowest BCUT2D eigenvalue weighted by Gasteiger charge is -2.23. The van der Waals surface area contributed by atoms with Gasteiger partial charge in [-0.1, -0.05) is 69.0 Å². The molecule has 13 heteroatoms. The largest absolute Gasteiger partial charge is 0.414 e. The highest BCUT2D eigenvalue weighted by molar-refractivity contribution is 8.04. The van der Waals surface area contributed by atoms with Crippen LogP contribution in [0.2, 0.25) is 0 Å². The summed E-state index contributed by atoms with van der Waals surface area (Å²) >= 11 is 1.62. The first-order valence-electron chi connectivity index (χ1n) is 16.0. The molecule has 0 radical (unpaired) electrons. The molecular weight excluding hydrogens is 670 g/mol. The molecule has 8 nitrogen and oxygen atoms in total. The van der Waals surface area contributed by atoms with Gasteiger partial charge in [0.15, 0.2) is 0 Å². The van der Waals surface area contributed by atoms with Crippen LogP contribution in [0.25, 0.3) is 11.3 Å². The highest BCUT2D eigenvalue weighted by Gasteiger charge is 2.34. The maximum atomic E-state index is 13.7. The number of ketones is 1. The van der Waals surface area contributed by atoms with Crippen LogP contribution in [0.15, 0.2) is 77.0 Å². The van der Waals surface area contributed by atoms with E-state index < -0.39 is 24.2 Å². The lowest BCUT2D eigenvalue weighted by Crippen LogP contribution is -2.33. The number of nitrogens with one attached hydrogen (secondary N) is 2. The maximum absolute atomic E-state index is 13.7. The van der Waals surface area contributed by atoms with Crippen molar-refractivity contribution in [2.24, 2.45) is 7.05 Å². The van der Waals surface area contributed by atoms with Crippen molar-refractivity contribution < 1.29 is 31.9 Å². The van der Waals surface area contributed by atoms with Gasteiger partial charge in [-0.05, 0) is 68.5 Å². The molecule has 1 aromatic heterocycles. The van der Waals surface area contributed by atoms with E-state index in [1.165, 1.54) is 21.9 Å². The van der Waals surface area contributed by atoms with Gasteiger partial charge in [-0.25, -0.2) is 4.39 Å². The number of Topliss-reactive ketones (excluding diaryl/α,β-unsaturated/α-hetero) is 1. The van der Waals surface area contributed by atoms with E-state index in [9.17, 15) is 31.9 Å². The third kappa shape index (κ3) is 10.4. The van der Waals surface area contributed by atoms with Gasteiger partial charge in [-0.2, -0.15) is 18.3 Å². The zero-order valence-corrected chi connectivity index (χ0v) is 30.3. The highest BCUT2D eigenvalue weighted by Crippen LogP contribution is 2.38. The molecule has 5 rings (SSSR count). The summed E-state index contributed by atoms with van der Waals surface area (Å²) in [7, 11) is 1.59. The van der Waals surface area contributed by atoms with Gasteiger partial charge in [0.2, 0.25) is 5.91 Å². The Morgan fingerprint density at radius 3 is 2.32 bits per heavy atom. The molecular formula is C37H43F4N5O3S. The van der Waals surface area contributed by atoms with Crippen molar-refractivity contribution in [3.8, 4) is 11.3 Å². The fourth-order valence-corrected chi connectivity index (χ4v) is 5.59. The minimum Gasteiger partial charge on any atom is -0.376 e. The number of carbonyl (C=O) groups excluding carboxylic acids is 3. The minimum absolute atomic E-state index is 0.00660. The molecule has 3 heterocycles. The van der Waals surface area contributed by atoms with Crippen molar-refractivity contribution >= 4 is 40.9 Å². The summed E-state index contributed by atoms with van der Waals surface area (Å²) in [5, 5.41) is 10.3. The molecule has 0 atom stereocenters. The van der Waals surface area contributed by atoms with Crippen LogP contribution in [0.4, 0.5) is 29.1 Å². The smallest absolute Gasteiger partial charge is 0.376 e. The SMILES string of the molecule is C/C=C1\SCC(=O)N1c1cc(C)ccc1C(C)C.CCC(C)=O.Cc1ccc(-c2cc(NC(=O)C3=CC=C(C(F)(F)F)CN3)n(C)n2)cc1F. The number of halogens is 4. The van der Waals surface area contributed by atoms with Gasteiger partial charge in [-0.15, -0.1) is 0 Å². The Kier molecular flexibility index (Phi) is 13.8. The summed E-state index contributed by atoms with van der Waals surface area (Å²) in [5.74, 6) is 0.752. The second kappa shape index (κ2) is 17.3. The molecule has 2 N–H and O–H groups in total. The van der Waals surface area contributed by atoms with Crippen molar-refractivity contribution in [3.05, 3.63) is 99.5 Å². The first kappa shape index (κ1) is 39.8. The van der Waals surface area contributed by atoms with Crippen LogP contribution >= 0.6 is 11.8 Å². The van der Waals surface area contributed by atoms with Crippen LogP contribution in [0, 0.1) is 19.7 Å². The molecule has 2 aliphatic rings. The number of thioether (sulfide) groups is 1. The van der Waals surface area contributed by atoms with E-state index in [0.29, 0.717) is 40.7 Å². The predicted octanol–water partition coefficient (Wildman–Crippen LogP) is 8.49. The van der Waals surface area contributed by atoms with E-state index in [4.69, 9.17) is 0 Å². The van der Waals surface area contributed by atoms with E-state index in [1.807, 2.05) is 24.8 Å². The average molecular weight is 714 g/mol. The zero-order valence-electron chi connectivity index (χ0n) is 29.5. The Hall–Kier alpha value is -4.65. The first-order valence-corrected chi connectivity index (χ1v) is 17.0. The van der Waals surface area contributed by atoms with Crippen LogP contribution in [0.5, 0.6) is 0 Å². The van der Waals surface area contributed by atoms with Crippen LogP contribution in [-0.2, 0) is 21.4 Å². The molecule has 2 amide bonds. The molecule has 0 saturated carbocycles. The van der Waals surface area contributed by atoms with Crippen molar-refractivity contribution in [1.82, 2.24) is 15.1 Å². The number of allylic oxidation sites excluding steroid dienone is 3. The van der Waals surface area contributed by atoms with E-state index in [1.54, 1.807) is 50.9 Å². The van der Waals surface area contributed by atoms with Gasteiger partial charge in [0, 0.05) is 31.6 Å². The molecule has 268 valence electrons. The second-order valence-electron chi connectivity index (χ2n) is 12.0. The molecule has 1 saturated heterocycles. The summed E-state index contributed by atoms with van der Waals surface area (Å²) in [4.78, 5) is 36.0. The number of aryl methyl sites for hydroxylation is 3. The number of aromatic nitrogens is 2. The van der Waals surface area contributed by atoms with E-state index in [2.05, 4.69) is 54.7 Å². The van der Waals surface area contributed by atoms with Crippen molar-refractivity contribution in [2.75, 3.05) is 22.5 Å². The third-order valence-corrected chi connectivity index (χ3v) is 8.83. The van der Waals surface area contributed by atoms with Gasteiger partial charge in [0.05, 0.1) is 27.7 Å². The number of hydrogen-bond acceptors (Lipinski definition) is 6. The molecule has 50 heavy (non-hydrogen) atoms. The number of amides is 2. The highest BCUT2D eigenvalue weighted by atomic mass is 32.2. The number of rotatable bonds is 6. The summed E-state index contributed by atoms with van der Waals surface area (Å²) in [6.07, 6.45) is 0.192. The third-order valence-electron chi connectivity index (χ3n) is 7.73. The maximum Gasteiger partial charge on any atom is 0.414 e. The van der Waals surface area contributed by atoms with Crippen LogP contribution < -0.4 is 15.5 Å². The number of dihydropyridines is 1. The number of hydrogen-bond donors (Lipinski definition) is 2. The molecule has 0 aliphatic carbocycles. The number of nitrogens with zero attached hydrogens (tertiary/aromatic N) is 3. The van der Waals surface area contributed by atoms with Gasteiger partial charge in [0.1, 0.15) is 23.1 Å². The monoisotopic (exact) mass is 713 g/mol. The first-order chi connectivity index (χ1) is 23.5. The van der Waals surface area contributed by atoms with Crippen LogP contribution in [-0.4, -0.2) is 45.9 Å². The van der Waals surface area contributed by atoms with Crippen molar-refractivity contribution in [3.63, 3.8) is 0 Å². The lowest BCUT2D eigenvalue weighted by atomic mass is 9.98. The van der Waals surface area contributed by atoms with Crippen LogP contribution in [0.3, 0.4) is 0 Å². The van der Waals surface area contributed by atoms with Crippen molar-refractivity contribution in [1.29, 1.82) is 0 Å².